The number of carbonyl (C=O) groups is 4. The summed E-state index contributed by atoms with van der Waals surface area (Å²) in [6.45, 7) is 3.95. The molecular formula is C60H60BrN13O5. The summed E-state index contributed by atoms with van der Waals surface area (Å²) in [5.74, 6) is -1.66. The average Bonchev–Trinajstić information content (AvgIpc) is 4.34. The second-order valence-corrected chi connectivity index (χ2v) is 21.2. The number of fused-ring (bicyclic) bond motifs is 2. The summed E-state index contributed by atoms with van der Waals surface area (Å²) < 4.78 is 9.52. The van der Waals surface area contributed by atoms with Crippen LogP contribution in [0.15, 0.2) is 162 Å². The van der Waals surface area contributed by atoms with Gasteiger partial charge in [0.15, 0.2) is 0 Å². The van der Waals surface area contributed by atoms with Crippen molar-refractivity contribution in [2.75, 3.05) is 10.6 Å². The van der Waals surface area contributed by atoms with Crippen molar-refractivity contribution < 1.29 is 19.2 Å². The van der Waals surface area contributed by atoms with Crippen LogP contribution in [0.5, 0.6) is 0 Å². The minimum absolute atomic E-state index is 0.0260. The Morgan fingerprint density at radius 2 is 1.03 bits per heavy atom. The highest BCUT2D eigenvalue weighted by atomic mass is 79.9. The van der Waals surface area contributed by atoms with Gasteiger partial charge in [-0.05, 0) is 139 Å². The van der Waals surface area contributed by atoms with Crippen LogP contribution in [0, 0.1) is 0 Å². The summed E-state index contributed by atoms with van der Waals surface area (Å²) in [6, 6.07) is 32.7. The highest BCUT2D eigenvalue weighted by Gasteiger charge is 2.38. The number of rotatable bonds is 14. The number of nitrogens with one attached hydrogen (secondary N) is 4. The zero-order chi connectivity index (χ0) is 55.5. The van der Waals surface area contributed by atoms with Gasteiger partial charge in [0.1, 0.15) is 23.5 Å². The molecule has 0 aliphatic heterocycles. The van der Waals surface area contributed by atoms with E-state index in [9.17, 15) is 24.0 Å². The number of aryl methyl sites for hydroxylation is 6. The van der Waals surface area contributed by atoms with Crippen molar-refractivity contribution in [1.29, 1.82) is 0 Å². The number of nitrogens with zero attached hydrogens (tertiary/aromatic N) is 9. The first kappa shape index (κ1) is 53.4. The maximum absolute atomic E-state index is 14.0. The molecule has 5 aromatic heterocycles. The van der Waals surface area contributed by atoms with Crippen molar-refractivity contribution in [2.24, 2.45) is 28.2 Å². The molecule has 4 aromatic carbocycles. The Balaban J connectivity index is 0.000000183. The van der Waals surface area contributed by atoms with Crippen molar-refractivity contribution in [3.05, 3.63) is 201 Å². The first-order chi connectivity index (χ1) is 38.1. The van der Waals surface area contributed by atoms with Gasteiger partial charge in [-0.15, -0.1) is 0 Å². The monoisotopic (exact) mass is 1120 g/mol. The van der Waals surface area contributed by atoms with Crippen LogP contribution in [0.1, 0.15) is 87.8 Å². The zero-order valence-corrected chi connectivity index (χ0v) is 46.2. The third-order valence-corrected chi connectivity index (χ3v) is 15.4. The quantitative estimate of drug-likeness (QED) is 0.0819. The molecule has 5 heterocycles. The second-order valence-electron chi connectivity index (χ2n) is 20.3. The van der Waals surface area contributed by atoms with E-state index in [4.69, 9.17) is 0 Å². The molecule has 18 nitrogen and oxygen atoms in total. The Kier molecular flexibility index (Phi) is 15.5. The van der Waals surface area contributed by atoms with Gasteiger partial charge in [0.05, 0.1) is 36.4 Å². The van der Waals surface area contributed by atoms with Crippen molar-refractivity contribution in [2.45, 2.75) is 69.5 Å². The molecule has 0 bridgehead atoms. The number of anilines is 2. The lowest BCUT2D eigenvalue weighted by atomic mass is 9.90. The fraction of sp³-hybridized carbons (Fsp3) is 0.250. The first-order valence-electron chi connectivity index (χ1n) is 26.1. The van der Waals surface area contributed by atoms with Crippen LogP contribution in [0.4, 0.5) is 11.4 Å². The molecule has 0 fully saturated rings. The Morgan fingerprint density at radius 3 is 1.47 bits per heavy atom. The standard InChI is InChI=1S/C34H35N7O3.C26H25BrN6O2/c1-21(2)41-19-25(10-14-31(41)42)24-6-5-22-9-13-27(28(22)17-24)32(38-33(43)29-15-16-36-40(29)4)34(44)37-26-11-7-23(8-12-26)30-18-35-20-39(30)3;1-32-15-28-14-23(32)17-4-8-19(9-5-17)30-26(35)24(31-25(34)22-11-12-29-33(22)2)20-10-6-16-3-7-18(27)13-21(16)20/h5-8,10-12,14-21,27,32H,9,13H2,1-4H3,(H,37,44)(H,38,43);3-5,7-9,11-15,20,24H,6,10H2,1-2H3,(H,30,35)(H,31,34)/t27-,32+;20-,24+/m11/s1. The van der Waals surface area contributed by atoms with Crippen LogP contribution >= 0.6 is 15.9 Å². The minimum Gasteiger partial charge on any atom is -0.338 e. The van der Waals surface area contributed by atoms with E-state index in [1.807, 2.05) is 110 Å². The zero-order valence-electron chi connectivity index (χ0n) is 44.6. The highest BCUT2D eigenvalue weighted by molar-refractivity contribution is 9.10. The molecule has 0 saturated carbocycles. The molecule has 11 rings (SSSR count). The molecule has 0 unspecified atom stereocenters. The van der Waals surface area contributed by atoms with E-state index in [1.54, 1.807) is 74.3 Å². The SMILES string of the molecule is CC(C)n1cc(-c2ccc3c(c2)[C@H]([C@H](NC(=O)c2ccnn2C)C(=O)Nc2ccc(-c4cncn4C)cc2)CC3)ccc1=O.Cn1cncc1-c1ccc(NC(=O)[C@@H](NC(=O)c2ccnn2C)[C@@H]2CCc3ccc(Br)cc32)cc1. The van der Waals surface area contributed by atoms with E-state index in [0.717, 1.165) is 74.1 Å². The van der Waals surface area contributed by atoms with E-state index >= 15 is 0 Å². The highest BCUT2D eigenvalue weighted by Crippen LogP contribution is 2.40. The van der Waals surface area contributed by atoms with Gasteiger partial charge in [-0.2, -0.15) is 10.2 Å². The Hall–Kier alpha value is -8.97. The lowest BCUT2D eigenvalue weighted by Crippen LogP contribution is -2.47. The van der Waals surface area contributed by atoms with Crippen LogP contribution in [0.2, 0.25) is 0 Å². The summed E-state index contributed by atoms with van der Waals surface area (Å²) in [6.07, 6.45) is 15.2. The molecule has 0 radical (unpaired) electrons. The van der Waals surface area contributed by atoms with Gasteiger partial charge in [-0.25, -0.2) is 9.97 Å². The molecule has 19 heteroatoms. The molecule has 4 amide bonds. The molecule has 4 N–H and O–H groups in total. The number of benzene rings is 4. The van der Waals surface area contributed by atoms with Gasteiger partial charge in [0.25, 0.3) is 17.4 Å². The van der Waals surface area contributed by atoms with Crippen LogP contribution < -0.4 is 26.8 Å². The summed E-state index contributed by atoms with van der Waals surface area (Å²) >= 11 is 3.55. The Morgan fingerprint density at radius 1 is 0.570 bits per heavy atom. The number of imidazole rings is 2. The van der Waals surface area contributed by atoms with E-state index in [-0.39, 0.29) is 47.1 Å². The van der Waals surface area contributed by atoms with Gasteiger partial charge in [0, 0.05) is 86.6 Å². The predicted octanol–water partition coefficient (Wildman–Crippen LogP) is 8.75. The largest absolute Gasteiger partial charge is 0.338 e. The number of amides is 4. The lowest BCUT2D eigenvalue weighted by molar-refractivity contribution is -0.119. The lowest BCUT2D eigenvalue weighted by Gasteiger charge is -2.25. The summed E-state index contributed by atoms with van der Waals surface area (Å²) in [4.78, 5) is 74.7. The van der Waals surface area contributed by atoms with Crippen LogP contribution in [0.3, 0.4) is 0 Å². The van der Waals surface area contributed by atoms with Gasteiger partial charge in [-0.3, -0.25) is 33.3 Å². The predicted molar refractivity (Wildman–Crippen MR) is 306 cm³/mol. The van der Waals surface area contributed by atoms with E-state index in [0.29, 0.717) is 29.2 Å². The van der Waals surface area contributed by atoms with Gasteiger partial charge >= 0.3 is 0 Å². The summed E-state index contributed by atoms with van der Waals surface area (Å²) in [5.41, 5.74) is 12.2. The number of hydrogen-bond acceptors (Lipinski definition) is 9. The van der Waals surface area contributed by atoms with Gasteiger partial charge < -0.3 is 35.0 Å². The topological polar surface area (TPSA) is 210 Å². The molecule has 2 aliphatic carbocycles. The van der Waals surface area contributed by atoms with Gasteiger partial charge in [-0.1, -0.05) is 64.5 Å². The second kappa shape index (κ2) is 22.9. The molecule has 2 aliphatic rings. The fourth-order valence-electron chi connectivity index (χ4n) is 10.7. The van der Waals surface area contributed by atoms with E-state index in [2.05, 4.69) is 81.6 Å². The summed E-state index contributed by atoms with van der Waals surface area (Å²) in [5, 5.41) is 20.3. The van der Waals surface area contributed by atoms with Crippen LogP contribution in [-0.4, -0.2) is 78.9 Å². The Bertz CT molecular complexity index is 3780. The van der Waals surface area contributed by atoms with Crippen LogP contribution in [0.25, 0.3) is 33.6 Å². The smallest absolute Gasteiger partial charge is 0.270 e. The molecule has 9 aromatic rings. The molecule has 79 heavy (non-hydrogen) atoms. The van der Waals surface area contributed by atoms with Crippen LogP contribution in [-0.2, 0) is 50.6 Å². The van der Waals surface area contributed by atoms with Crippen molar-refractivity contribution in [3.8, 4) is 33.6 Å². The van der Waals surface area contributed by atoms with E-state index in [1.165, 1.54) is 14.9 Å². The number of pyridine rings is 1. The molecule has 402 valence electrons. The maximum atomic E-state index is 14.0. The number of aromatic nitrogens is 9. The summed E-state index contributed by atoms with van der Waals surface area (Å²) in [7, 11) is 7.27. The van der Waals surface area contributed by atoms with Gasteiger partial charge in [0.2, 0.25) is 11.8 Å². The third-order valence-electron chi connectivity index (χ3n) is 14.9. The third kappa shape index (κ3) is 11.5. The maximum Gasteiger partial charge on any atom is 0.270 e. The average molecular weight is 1120 g/mol. The normalized spacial score (nSPS) is 15.1. The minimum atomic E-state index is -0.838. The van der Waals surface area contributed by atoms with E-state index < -0.39 is 12.1 Å². The Labute approximate surface area is 465 Å². The molecule has 4 atom stereocenters. The number of halogens is 1. The first-order valence-corrected chi connectivity index (χ1v) is 26.9. The fourth-order valence-corrected chi connectivity index (χ4v) is 11.0. The number of carbonyl (C=O) groups excluding carboxylic acids is 4. The van der Waals surface area contributed by atoms with Crippen molar-refractivity contribution >= 4 is 50.9 Å². The van der Waals surface area contributed by atoms with Crippen molar-refractivity contribution in [1.82, 2.24) is 53.9 Å². The molecular weight excluding hydrogens is 1060 g/mol. The number of hydrogen-bond donors (Lipinski definition) is 4. The molecule has 0 saturated heterocycles. The van der Waals surface area contributed by atoms with Crippen molar-refractivity contribution in [3.63, 3.8) is 0 Å². The molecule has 0 spiro atoms.